The summed E-state index contributed by atoms with van der Waals surface area (Å²) in [6.07, 6.45) is 0. The van der Waals surface area contributed by atoms with Crippen LogP contribution in [0.2, 0.25) is 0 Å². The molecule has 0 aromatic heterocycles. The topological polar surface area (TPSA) is 65.0 Å². The number of nitrogens with zero attached hydrogens (tertiary/aromatic N) is 3. The number of rotatable bonds is 2. The van der Waals surface area contributed by atoms with Crippen molar-refractivity contribution in [3.63, 3.8) is 0 Å². The molecular formula is C17H32N4O2S. The molecule has 0 aromatic carbocycles. The van der Waals surface area contributed by atoms with Crippen molar-refractivity contribution in [3.8, 4) is 0 Å². The Labute approximate surface area is 147 Å². The zero-order chi connectivity index (χ0) is 18.5. The van der Waals surface area contributed by atoms with Gasteiger partial charge in [-0.25, -0.2) is 4.72 Å². The molecule has 1 atom stereocenters. The molecule has 2 aliphatic rings. The van der Waals surface area contributed by atoms with Gasteiger partial charge >= 0.3 is 0 Å². The Bertz CT molecular complexity index is 666. The van der Waals surface area contributed by atoms with Crippen LogP contribution in [0, 0.1) is 10.8 Å². The zero-order valence-electron chi connectivity index (χ0n) is 16.3. The van der Waals surface area contributed by atoms with E-state index in [0.717, 1.165) is 11.5 Å². The highest BCUT2D eigenvalue weighted by atomic mass is 32.2. The van der Waals surface area contributed by atoms with Gasteiger partial charge in [0, 0.05) is 31.2 Å². The van der Waals surface area contributed by atoms with E-state index in [1.807, 2.05) is 0 Å². The predicted molar refractivity (Wildman–Crippen MR) is 99.1 cm³/mol. The number of fused-ring (bicyclic) bond motifs is 1. The summed E-state index contributed by atoms with van der Waals surface area (Å²) in [6, 6.07) is 0.0581. The van der Waals surface area contributed by atoms with E-state index in [4.69, 9.17) is 4.99 Å². The van der Waals surface area contributed by atoms with Gasteiger partial charge in [-0.1, -0.05) is 41.5 Å². The van der Waals surface area contributed by atoms with Crippen molar-refractivity contribution in [2.24, 2.45) is 15.8 Å². The molecular weight excluding hydrogens is 324 g/mol. The molecule has 2 rings (SSSR count). The molecule has 0 spiro atoms. The molecule has 0 saturated carbocycles. The molecule has 0 bridgehead atoms. The molecule has 1 saturated heterocycles. The van der Waals surface area contributed by atoms with Crippen molar-refractivity contribution in [1.82, 2.24) is 13.9 Å². The van der Waals surface area contributed by atoms with Crippen LogP contribution in [-0.4, -0.2) is 56.2 Å². The number of piperazine rings is 1. The van der Waals surface area contributed by atoms with Crippen LogP contribution in [-0.2, 0) is 10.2 Å². The van der Waals surface area contributed by atoms with Crippen LogP contribution in [0.1, 0.15) is 48.5 Å². The quantitative estimate of drug-likeness (QED) is 0.825. The first-order chi connectivity index (χ1) is 10.8. The second kappa shape index (κ2) is 6.11. The smallest absolute Gasteiger partial charge is 0.279 e. The second-order valence-corrected chi connectivity index (χ2v) is 10.6. The van der Waals surface area contributed by atoms with E-state index in [-0.39, 0.29) is 16.9 Å². The Hall–Kier alpha value is -0.920. The number of hydrogen-bond acceptors (Lipinski definition) is 4. The van der Waals surface area contributed by atoms with Crippen molar-refractivity contribution >= 4 is 16.0 Å². The Balaban J connectivity index is 2.55. The number of aliphatic imine (C=N–C) groups is 1. The summed E-state index contributed by atoms with van der Waals surface area (Å²) in [7, 11) is -1.96. The Morgan fingerprint density at radius 2 is 1.67 bits per heavy atom. The Kier molecular flexibility index (Phi) is 4.94. The highest BCUT2D eigenvalue weighted by Gasteiger charge is 2.41. The van der Waals surface area contributed by atoms with Gasteiger partial charge in [0.2, 0.25) is 0 Å². The number of nitrogens with one attached hydrogen (secondary N) is 1. The van der Waals surface area contributed by atoms with Gasteiger partial charge in [0.25, 0.3) is 10.2 Å². The van der Waals surface area contributed by atoms with Gasteiger partial charge in [-0.3, -0.25) is 4.99 Å². The Morgan fingerprint density at radius 3 is 2.12 bits per heavy atom. The Morgan fingerprint density at radius 1 is 1.08 bits per heavy atom. The average Bonchev–Trinajstić information content (AvgIpc) is 2.43. The molecule has 24 heavy (non-hydrogen) atoms. The molecule has 1 N–H and O–H groups in total. The van der Waals surface area contributed by atoms with Crippen LogP contribution >= 0.6 is 0 Å². The van der Waals surface area contributed by atoms with Crippen molar-refractivity contribution in [1.29, 1.82) is 0 Å². The van der Waals surface area contributed by atoms with Crippen LogP contribution in [0.5, 0.6) is 0 Å². The van der Waals surface area contributed by atoms with E-state index >= 15 is 0 Å². The molecule has 0 aromatic rings. The molecule has 2 heterocycles. The van der Waals surface area contributed by atoms with Crippen LogP contribution < -0.4 is 4.72 Å². The average molecular weight is 357 g/mol. The van der Waals surface area contributed by atoms with Crippen LogP contribution in [0.25, 0.3) is 0 Å². The van der Waals surface area contributed by atoms with Crippen LogP contribution in [0.15, 0.2) is 16.3 Å². The summed E-state index contributed by atoms with van der Waals surface area (Å²) in [5.74, 6) is 1.06. The van der Waals surface area contributed by atoms with Crippen LogP contribution in [0.3, 0.4) is 0 Å². The lowest BCUT2D eigenvalue weighted by Gasteiger charge is -2.47. The summed E-state index contributed by atoms with van der Waals surface area (Å²) in [5.41, 5.74) is 2.19. The van der Waals surface area contributed by atoms with Crippen molar-refractivity contribution in [2.45, 2.75) is 54.5 Å². The fraction of sp³-hybridized carbons (Fsp3) is 0.824. The van der Waals surface area contributed by atoms with Gasteiger partial charge in [0.1, 0.15) is 5.84 Å². The molecule has 0 unspecified atom stereocenters. The highest BCUT2D eigenvalue weighted by molar-refractivity contribution is 7.87. The predicted octanol–water partition coefficient (Wildman–Crippen LogP) is 2.22. The minimum atomic E-state index is -3.43. The maximum Gasteiger partial charge on any atom is 0.279 e. The SMILES string of the molecule is CNS(=O)(=O)N1CCN2C(C(C)(C)C)=N[C@@H](C)C(C(C)(C)C)=C2C1. The van der Waals surface area contributed by atoms with Gasteiger partial charge in [-0.05, 0) is 17.9 Å². The summed E-state index contributed by atoms with van der Waals surface area (Å²) in [6.45, 7) is 16.6. The maximum absolute atomic E-state index is 12.3. The third-order valence-corrected chi connectivity index (χ3v) is 6.11. The van der Waals surface area contributed by atoms with Crippen LogP contribution in [0.4, 0.5) is 0 Å². The lowest BCUT2D eigenvalue weighted by Crippen LogP contribution is -2.56. The van der Waals surface area contributed by atoms with Crippen molar-refractivity contribution in [3.05, 3.63) is 11.3 Å². The molecule has 2 aliphatic heterocycles. The standard InChI is InChI=1S/C17H32N4O2S/c1-12-14(16(2,3)4)13-11-20(24(22,23)18-8)9-10-21(13)15(19-12)17(5,6)7/h12,18H,9-11H2,1-8H3/t12-/m0/s1. The summed E-state index contributed by atoms with van der Waals surface area (Å²) in [5, 5.41) is 0. The molecule has 6 nitrogen and oxygen atoms in total. The third-order valence-electron chi connectivity index (χ3n) is 4.60. The molecule has 138 valence electrons. The van der Waals surface area contributed by atoms with Crippen molar-refractivity contribution in [2.75, 3.05) is 26.7 Å². The molecule has 0 amide bonds. The lowest BCUT2D eigenvalue weighted by atomic mass is 9.78. The molecule has 0 aliphatic carbocycles. The monoisotopic (exact) mass is 356 g/mol. The van der Waals surface area contributed by atoms with Gasteiger partial charge in [0.15, 0.2) is 0 Å². The number of amidine groups is 1. The zero-order valence-corrected chi connectivity index (χ0v) is 17.1. The summed E-state index contributed by atoms with van der Waals surface area (Å²) in [4.78, 5) is 7.25. The fourth-order valence-electron chi connectivity index (χ4n) is 3.69. The first-order valence-electron chi connectivity index (χ1n) is 8.57. The normalized spacial score (nSPS) is 24.1. The van der Waals surface area contributed by atoms with Gasteiger partial charge in [-0.2, -0.15) is 12.7 Å². The van der Waals surface area contributed by atoms with E-state index in [2.05, 4.69) is 58.1 Å². The van der Waals surface area contributed by atoms with Gasteiger partial charge in [-0.15, -0.1) is 0 Å². The third kappa shape index (κ3) is 3.53. The van der Waals surface area contributed by atoms with E-state index < -0.39 is 10.2 Å². The summed E-state index contributed by atoms with van der Waals surface area (Å²) < 4.78 is 28.5. The first kappa shape index (κ1) is 19.4. The minimum absolute atomic E-state index is 0.0581. The molecule has 7 heteroatoms. The van der Waals surface area contributed by atoms with E-state index in [1.165, 1.54) is 16.9 Å². The molecule has 0 radical (unpaired) electrons. The maximum atomic E-state index is 12.3. The number of hydrogen-bond donors (Lipinski definition) is 1. The fourth-order valence-corrected chi connectivity index (χ4v) is 4.57. The van der Waals surface area contributed by atoms with E-state index in [1.54, 1.807) is 0 Å². The second-order valence-electron chi connectivity index (χ2n) is 8.68. The summed E-state index contributed by atoms with van der Waals surface area (Å²) >= 11 is 0. The van der Waals surface area contributed by atoms with Crippen molar-refractivity contribution < 1.29 is 8.42 Å². The minimum Gasteiger partial charge on any atom is -0.331 e. The highest BCUT2D eigenvalue weighted by Crippen LogP contribution is 2.40. The van der Waals surface area contributed by atoms with Gasteiger partial charge in [0.05, 0.1) is 12.6 Å². The largest absolute Gasteiger partial charge is 0.331 e. The lowest BCUT2D eigenvalue weighted by molar-refractivity contribution is 0.274. The van der Waals surface area contributed by atoms with E-state index in [0.29, 0.717) is 19.6 Å². The van der Waals surface area contributed by atoms with E-state index in [9.17, 15) is 8.42 Å². The molecule has 1 fully saturated rings. The van der Waals surface area contributed by atoms with Gasteiger partial charge < -0.3 is 4.90 Å². The first-order valence-corrected chi connectivity index (χ1v) is 10.0.